The molecule has 3 nitrogen and oxygen atoms in total. The van der Waals surface area contributed by atoms with E-state index in [1.165, 1.54) is 18.2 Å². The molecule has 0 bridgehead atoms. The summed E-state index contributed by atoms with van der Waals surface area (Å²) in [6, 6.07) is 10.2. The number of rotatable bonds is 3. The van der Waals surface area contributed by atoms with Crippen molar-refractivity contribution >= 4 is 58.2 Å². The van der Waals surface area contributed by atoms with Gasteiger partial charge in [-0.3, -0.25) is 4.79 Å². The van der Waals surface area contributed by atoms with Gasteiger partial charge in [0.1, 0.15) is 0 Å². The van der Waals surface area contributed by atoms with Crippen molar-refractivity contribution < 1.29 is 4.79 Å². The van der Waals surface area contributed by atoms with Gasteiger partial charge < -0.3 is 11.1 Å². The van der Waals surface area contributed by atoms with Crippen LogP contribution in [0.15, 0.2) is 42.5 Å². The molecule has 0 spiro atoms. The second-order valence-electron chi connectivity index (χ2n) is 4.24. The highest BCUT2D eigenvalue weighted by Gasteiger charge is 2.09. The first-order valence-electron chi connectivity index (χ1n) is 5.95. The molecule has 0 aliphatic carbocycles. The number of nitrogens with two attached hydrogens (primary N) is 1. The van der Waals surface area contributed by atoms with Gasteiger partial charge in [-0.1, -0.05) is 46.9 Å². The van der Waals surface area contributed by atoms with E-state index in [4.69, 9.17) is 40.5 Å². The second-order valence-corrected chi connectivity index (χ2v) is 5.49. The Bertz CT molecular complexity index is 691. The van der Waals surface area contributed by atoms with Crippen molar-refractivity contribution in [3.8, 4) is 0 Å². The molecule has 1 amide bonds. The Balaban J connectivity index is 2.12. The van der Waals surface area contributed by atoms with Crippen molar-refractivity contribution in [3.63, 3.8) is 0 Å². The van der Waals surface area contributed by atoms with Crippen LogP contribution in [0, 0.1) is 0 Å². The first-order chi connectivity index (χ1) is 9.95. The first-order valence-corrected chi connectivity index (χ1v) is 7.08. The van der Waals surface area contributed by atoms with Gasteiger partial charge in [0.25, 0.3) is 0 Å². The molecule has 2 rings (SSSR count). The predicted octanol–water partition coefficient (Wildman–Crippen LogP) is 4.88. The molecule has 0 aliphatic rings. The molecular weight excluding hydrogens is 331 g/mol. The van der Waals surface area contributed by atoms with E-state index in [1.807, 2.05) is 6.07 Å². The number of benzene rings is 2. The van der Waals surface area contributed by atoms with E-state index in [9.17, 15) is 4.79 Å². The standard InChI is InChI=1S/C15H11Cl3N2O/c16-10-7-12(17)15(13(18)8-10)20-14(21)5-4-9-2-1-3-11(19)6-9/h1-8H,19H2,(H,20,21)/b5-4+. The summed E-state index contributed by atoms with van der Waals surface area (Å²) >= 11 is 17.8. The number of anilines is 2. The molecule has 2 aromatic rings. The van der Waals surface area contributed by atoms with Crippen molar-refractivity contribution in [2.24, 2.45) is 0 Å². The molecule has 0 atom stereocenters. The maximum absolute atomic E-state index is 11.9. The fourth-order valence-corrected chi connectivity index (χ4v) is 2.57. The molecule has 6 heteroatoms. The zero-order chi connectivity index (χ0) is 15.4. The summed E-state index contributed by atoms with van der Waals surface area (Å²) in [5.41, 5.74) is 7.43. The first kappa shape index (κ1) is 15.7. The van der Waals surface area contributed by atoms with E-state index in [-0.39, 0.29) is 16.0 Å². The number of hydrogen-bond donors (Lipinski definition) is 2. The zero-order valence-corrected chi connectivity index (χ0v) is 13.0. The Morgan fingerprint density at radius 2 is 1.76 bits per heavy atom. The summed E-state index contributed by atoms with van der Waals surface area (Å²) in [5, 5.41) is 3.56. The highest BCUT2D eigenvalue weighted by Crippen LogP contribution is 2.33. The van der Waals surface area contributed by atoms with E-state index < -0.39 is 0 Å². The predicted molar refractivity (Wildman–Crippen MR) is 90.0 cm³/mol. The lowest BCUT2D eigenvalue weighted by atomic mass is 10.2. The molecular formula is C15H11Cl3N2O. The van der Waals surface area contributed by atoms with Gasteiger partial charge in [-0.25, -0.2) is 0 Å². The lowest BCUT2D eigenvalue weighted by molar-refractivity contribution is -0.111. The molecule has 0 saturated carbocycles. The summed E-state index contributed by atoms with van der Waals surface area (Å²) in [4.78, 5) is 11.9. The number of nitrogens with one attached hydrogen (secondary N) is 1. The minimum atomic E-state index is -0.358. The lowest BCUT2D eigenvalue weighted by Gasteiger charge is -2.08. The fourth-order valence-electron chi connectivity index (χ4n) is 1.66. The lowest BCUT2D eigenvalue weighted by Crippen LogP contribution is -2.08. The highest BCUT2D eigenvalue weighted by molar-refractivity contribution is 6.42. The van der Waals surface area contributed by atoms with Crippen molar-refractivity contribution in [2.75, 3.05) is 11.1 Å². The van der Waals surface area contributed by atoms with Crippen LogP contribution in [0.3, 0.4) is 0 Å². The van der Waals surface area contributed by atoms with Crippen LogP contribution in [0.25, 0.3) is 6.08 Å². The second kappa shape index (κ2) is 6.85. The molecule has 2 aromatic carbocycles. The van der Waals surface area contributed by atoms with Crippen LogP contribution < -0.4 is 11.1 Å². The van der Waals surface area contributed by atoms with Gasteiger partial charge in [-0.15, -0.1) is 0 Å². The topological polar surface area (TPSA) is 55.1 Å². The fraction of sp³-hybridized carbons (Fsp3) is 0. The van der Waals surface area contributed by atoms with Gasteiger partial charge >= 0.3 is 0 Å². The monoisotopic (exact) mass is 340 g/mol. The summed E-state index contributed by atoms with van der Waals surface area (Å²) < 4.78 is 0. The summed E-state index contributed by atoms with van der Waals surface area (Å²) in [6.45, 7) is 0. The van der Waals surface area contributed by atoms with Crippen LogP contribution in [0.1, 0.15) is 5.56 Å². The normalized spacial score (nSPS) is 10.8. The molecule has 0 aliphatic heterocycles. The van der Waals surface area contributed by atoms with Crippen molar-refractivity contribution in [3.05, 3.63) is 63.1 Å². The molecule has 0 radical (unpaired) electrons. The number of amides is 1. The van der Waals surface area contributed by atoms with Crippen LogP contribution in [0.2, 0.25) is 15.1 Å². The number of halogens is 3. The van der Waals surface area contributed by atoms with Crippen LogP contribution in [0.5, 0.6) is 0 Å². The van der Waals surface area contributed by atoms with Gasteiger partial charge in [0.15, 0.2) is 0 Å². The van der Waals surface area contributed by atoms with Crippen LogP contribution in [0.4, 0.5) is 11.4 Å². The van der Waals surface area contributed by atoms with Crippen molar-refractivity contribution in [1.82, 2.24) is 0 Å². The van der Waals surface area contributed by atoms with Crippen molar-refractivity contribution in [2.45, 2.75) is 0 Å². The highest BCUT2D eigenvalue weighted by atomic mass is 35.5. The molecule has 0 unspecified atom stereocenters. The van der Waals surface area contributed by atoms with Gasteiger partial charge in [-0.05, 0) is 35.9 Å². The maximum Gasteiger partial charge on any atom is 0.248 e. The number of hydrogen-bond acceptors (Lipinski definition) is 2. The molecule has 0 heterocycles. The Labute approximate surface area is 137 Å². The van der Waals surface area contributed by atoms with Gasteiger partial charge in [0.05, 0.1) is 15.7 Å². The SMILES string of the molecule is Nc1cccc(/C=C/C(=O)Nc2c(Cl)cc(Cl)cc2Cl)c1. The van der Waals surface area contributed by atoms with E-state index >= 15 is 0 Å². The average molecular weight is 342 g/mol. The largest absolute Gasteiger partial charge is 0.399 e. The molecule has 108 valence electrons. The van der Waals surface area contributed by atoms with Crippen LogP contribution in [-0.4, -0.2) is 5.91 Å². The molecule has 3 N–H and O–H groups in total. The Kier molecular flexibility index (Phi) is 5.12. The summed E-state index contributed by atoms with van der Waals surface area (Å²) in [6.07, 6.45) is 3.01. The molecule has 0 aromatic heterocycles. The molecule has 0 saturated heterocycles. The van der Waals surface area contributed by atoms with Gasteiger partial charge in [0, 0.05) is 16.8 Å². The van der Waals surface area contributed by atoms with E-state index in [0.29, 0.717) is 16.4 Å². The van der Waals surface area contributed by atoms with Gasteiger partial charge in [0.2, 0.25) is 5.91 Å². The Hall–Kier alpha value is -1.68. The van der Waals surface area contributed by atoms with Crippen LogP contribution in [-0.2, 0) is 4.79 Å². The number of carbonyl (C=O) groups is 1. The quantitative estimate of drug-likeness (QED) is 0.617. The maximum atomic E-state index is 11.9. The minimum absolute atomic E-state index is 0.276. The average Bonchev–Trinajstić information content (AvgIpc) is 2.40. The Morgan fingerprint density at radius 3 is 2.38 bits per heavy atom. The van der Waals surface area contributed by atoms with Gasteiger partial charge in [-0.2, -0.15) is 0 Å². The Morgan fingerprint density at radius 1 is 1.10 bits per heavy atom. The van der Waals surface area contributed by atoms with E-state index in [0.717, 1.165) is 5.56 Å². The third-order valence-electron chi connectivity index (χ3n) is 2.59. The van der Waals surface area contributed by atoms with E-state index in [1.54, 1.807) is 24.3 Å². The summed E-state index contributed by atoms with van der Waals surface area (Å²) in [5.74, 6) is -0.358. The number of carbonyl (C=O) groups excluding carboxylic acids is 1. The molecule has 0 fully saturated rings. The minimum Gasteiger partial charge on any atom is -0.399 e. The smallest absolute Gasteiger partial charge is 0.248 e. The third-order valence-corrected chi connectivity index (χ3v) is 3.41. The van der Waals surface area contributed by atoms with Crippen molar-refractivity contribution in [1.29, 1.82) is 0 Å². The third kappa shape index (κ3) is 4.39. The number of nitrogen functional groups attached to an aromatic ring is 1. The van der Waals surface area contributed by atoms with E-state index in [2.05, 4.69) is 5.32 Å². The van der Waals surface area contributed by atoms with Crippen LogP contribution >= 0.6 is 34.8 Å². The summed E-state index contributed by atoms with van der Waals surface area (Å²) in [7, 11) is 0. The molecule has 21 heavy (non-hydrogen) atoms. The zero-order valence-electron chi connectivity index (χ0n) is 10.7.